The summed E-state index contributed by atoms with van der Waals surface area (Å²) >= 11 is 2.86. The number of carbonyl (C=O) groups excluding carboxylic acids is 1. The molecule has 0 saturated heterocycles. The fourth-order valence-electron chi connectivity index (χ4n) is 1.89. The molecule has 0 aliphatic rings. The van der Waals surface area contributed by atoms with Crippen molar-refractivity contribution in [2.75, 3.05) is 12.0 Å². The normalized spacial score (nSPS) is 12.0. The molecule has 7 heteroatoms. The van der Waals surface area contributed by atoms with Crippen LogP contribution >= 0.6 is 23.1 Å². The number of thiophene rings is 1. The summed E-state index contributed by atoms with van der Waals surface area (Å²) in [5, 5.41) is 13.6. The van der Waals surface area contributed by atoms with Crippen molar-refractivity contribution in [3.8, 4) is 5.69 Å². The second kappa shape index (κ2) is 7.33. The number of rotatable bonds is 7. The first kappa shape index (κ1) is 15.7. The molecule has 0 radical (unpaired) electrons. The number of carboxylic acid groups (broad SMARTS) is 1. The van der Waals surface area contributed by atoms with Gasteiger partial charge < -0.3 is 15.0 Å². The quantitative estimate of drug-likeness (QED) is 0.821. The summed E-state index contributed by atoms with van der Waals surface area (Å²) < 4.78 is 1.84. The van der Waals surface area contributed by atoms with Crippen molar-refractivity contribution in [1.82, 2.24) is 9.88 Å². The van der Waals surface area contributed by atoms with Crippen LogP contribution in [0.2, 0.25) is 0 Å². The first-order valence-corrected chi connectivity index (χ1v) is 8.64. The Bertz CT molecular complexity index is 608. The van der Waals surface area contributed by atoms with Crippen LogP contribution in [0.1, 0.15) is 16.1 Å². The number of amides is 1. The number of nitrogens with zero attached hydrogens (tertiary/aromatic N) is 1. The molecule has 2 rings (SSSR count). The molecule has 0 saturated carbocycles. The second-order valence-electron chi connectivity index (χ2n) is 4.37. The smallest absolute Gasteiger partial charge is 0.326 e. The zero-order valence-electron chi connectivity index (χ0n) is 11.5. The largest absolute Gasteiger partial charge is 0.480 e. The molecule has 0 fully saturated rings. The van der Waals surface area contributed by atoms with Gasteiger partial charge in [0.2, 0.25) is 0 Å². The summed E-state index contributed by atoms with van der Waals surface area (Å²) in [4.78, 5) is 24.0. The number of nitrogens with one attached hydrogen (secondary N) is 1. The van der Waals surface area contributed by atoms with Gasteiger partial charge in [0.15, 0.2) is 0 Å². The molecule has 1 atom stereocenters. The number of hydrogen-bond donors (Lipinski definition) is 2. The van der Waals surface area contributed by atoms with Gasteiger partial charge >= 0.3 is 5.97 Å². The van der Waals surface area contributed by atoms with E-state index >= 15 is 0 Å². The lowest BCUT2D eigenvalue weighted by atomic mass is 10.2. The number of carboxylic acids is 1. The first-order valence-electron chi connectivity index (χ1n) is 6.37. The number of thioether (sulfide) groups is 1. The maximum absolute atomic E-state index is 12.3. The van der Waals surface area contributed by atoms with Crippen LogP contribution in [0.4, 0.5) is 0 Å². The van der Waals surface area contributed by atoms with Crippen molar-refractivity contribution in [3.63, 3.8) is 0 Å². The maximum atomic E-state index is 12.3. The van der Waals surface area contributed by atoms with E-state index in [9.17, 15) is 14.7 Å². The maximum Gasteiger partial charge on any atom is 0.326 e. The van der Waals surface area contributed by atoms with Gasteiger partial charge in [-0.1, -0.05) is 0 Å². The minimum atomic E-state index is -1.00. The number of aliphatic carboxylic acids is 1. The molecule has 0 spiro atoms. The van der Waals surface area contributed by atoms with E-state index in [-0.39, 0.29) is 5.91 Å². The van der Waals surface area contributed by atoms with Crippen molar-refractivity contribution in [3.05, 3.63) is 40.8 Å². The standard InChI is InChI=1S/C14H16N2O3S2/c1-20-8-4-10(14(18)19)15-13(17)12-11(5-9-21-12)16-6-2-3-7-16/h2-3,5-7,9-10H,4,8H2,1H3,(H,15,17)(H,18,19)/t10-/m0/s1. The lowest BCUT2D eigenvalue weighted by molar-refractivity contribution is -0.139. The fourth-order valence-corrected chi connectivity index (χ4v) is 3.15. The van der Waals surface area contributed by atoms with Gasteiger partial charge in [-0.2, -0.15) is 11.8 Å². The molecule has 0 aliphatic heterocycles. The summed E-state index contributed by atoms with van der Waals surface area (Å²) in [6.45, 7) is 0. The lowest BCUT2D eigenvalue weighted by Crippen LogP contribution is -2.41. The molecule has 112 valence electrons. The van der Waals surface area contributed by atoms with Crippen LogP contribution < -0.4 is 5.32 Å². The average Bonchev–Trinajstić information content (AvgIpc) is 3.11. The Balaban J connectivity index is 2.13. The lowest BCUT2D eigenvalue weighted by Gasteiger charge is -2.14. The monoisotopic (exact) mass is 324 g/mol. The van der Waals surface area contributed by atoms with E-state index < -0.39 is 12.0 Å². The van der Waals surface area contributed by atoms with Gasteiger partial charge in [0.05, 0.1) is 5.69 Å². The average molecular weight is 324 g/mol. The molecule has 2 aromatic heterocycles. The second-order valence-corrected chi connectivity index (χ2v) is 6.27. The third-order valence-electron chi connectivity index (χ3n) is 2.95. The van der Waals surface area contributed by atoms with E-state index in [0.717, 1.165) is 5.69 Å². The van der Waals surface area contributed by atoms with Crippen molar-refractivity contribution < 1.29 is 14.7 Å². The third-order valence-corrected chi connectivity index (χ3v) is 4.49. The predicted molar refractivity (Wildman–Crippen MR) is 85.5 cm³/mol. The number of aromatic nitrogens is 1. The molecule has 1 amide bonds. The summed E-state index contributed by atoms with van der Waals surface area (Å²) in [5.41, 5.74) is 0.761. The fraction of sp³-hybridized carbons (Fsp3) is 0.286. The molecule has 5 nitrogen and oxygen atoms in total. The van der Waals surface area contributed by atoms with Crippen LogP contribution in [0.15, 0.2) is 36.0 Å². The topological polar surface area (TPSA) is 71.3 Å². The van der Waals surface area contributed by atoms with Gasteiger partial charge in [0, 0.05) is 12.4 Å². The Morgan fingerprint density at radius 2 is 2.14 bits per heavy atom. The highest BCUT2D eigenvalue weighted by atomic mass is 32.2. The van der Waals surface area contributed by atoms with Gasteiger partial charge in [0.25, 0.3) is 5.91 Å². The number of carbonyl (C=O) groups is 2. The molecule has 21 heavy (non-hydrogen) atoms. The Morgan fingerprint density at radius 1 is 1.43 bits per heavy atom. The molecule has 0 aromatic carbocycles. The van der Waals surface area contributed by atoms with Gasteiger partial charge in [-0.3, -0.25) is 4.79 Å². The minimum Gasteiger partial charge on any atom is -0.480 e. The zero-order valence-corrected chi connectivity index (χ0v) is 13.1. The third kappa shape index (κ3) is 3.89. The van der Waals surface area contributed by atoms with Crippen LogP contribution in [-0.4, -0.2) is 39.6 Å². The zero-order chi connectivity index (χ0) is 15.2. The Hall–Kier alpha value is -1.73. The Kier molecular flexibility index (Phi) is 5.46. The van der Waals surface area contributed by atoms with Crippen LogP contribution in [0, 0.1) is 0 Å². The molecule has 0 bridgehead atoms. The van der Waals surface area contributed by atoms with Crippen molar-refractivity contribution in [1.29, 1.82) is 0 Å². The number of hydrogen-bond acceptors (Lipinski definition) is 4. The summed E-state index contributed by atoms with van der Waals surface area (Å²) in [5.74, 6) is -0.662. The van der Waals surface area contributed by atoms with Crippen LogP contribution in [0.25, 0.3) is 5.69 Å². The van der Waals surface area contributed by atoms with E-state index in [1.54, 1.807) is 11.8 Å². The molecule has 0 unspecified atom stereocenters. The summed E-state index contributed by atoms with van der Waals surface area (Å²) in [6, 6.07) is 4.73. The van der Waals surface area contributed by atoms with Crippen LogP contribution in [0.5, 0.6) is 0 Å². The van der Waals surface area contributed by atoms with E-state index in [1.165, 1.54) is 11.3 Å². The van der Waals surface area contributed by atoms with E-state index in [2.05, 4.69) is 5.32 Å². The summed E-state index contributed by atoms with van der Waals surface area (Å²) in [7, 11) is 0. The highest BCUT2D eigenvalue weighted by molar-refractivity contribution is 7.98. The van der Waals surface area contributed by atoms with Crippen molar-refractivity contribution >= 4 is 35.0 Å². The minimum absolute atomic E-state index is 0.345. The highest BCUT2D eigenvalue weighted by Gasteiger charge is 2.22. The highest BCUT2D eigenvalue weighted by Crippen LogP contribution is 2.21. The van der Waals surface area contributed by atoms with Crippen LogP contribution in [-0.2, 0) is 4.79 Å². The van der Waals surface area contributed by atoms with Gasteiger partial charge in [-0.05, 0) is 42.0 Å². The van der Waals surface area contributed by atoms with E-state index in [1.807, 2.05) is 46.8 Å². The molecular weight excluding hydrogens is 308 g/mol. The predicted octanol–water partition coefficient (Wildman–Crippen LogP) is 2.47. The van der Waals surface area contributed by atoms with Gasteiger partial charge in [0.1, 0.15) is 10.9 Å². The van der Waals surface area contributed by atoms with Gasteiger partial charge in [-0.25, -0.2) is 4.79 Å². The Morgan fingerprint density at radius 3 is 2.76 bits per heavy atom. The molecule has 0 aliphatic carbocycles. The van der Waals surface area contributed by atoms with Crippen molar-refractivity contribution in [2.24, 2.45) is 0 Å². The van der Waals surface area contributed by atoms with Gasteiger partial charge in [-0.15, -0.1) is 11.3 Å². The molecule has 2 heterocycles. The SMILES string of the molecule is CSCC[C@H](NC(=O)c1sccc1-n1cccc1)C(=O)O. The first-order chi connectivity index (χ1) is 10.1. The van der Waals surface area contributed by atoms with E-state index in [4.69, 9.17) is 0 Å². The van der Waals surface area contributed by atoms with E-state index in [0.29, 0.717) is 17.1 Å². The summed E-state index contributed by atoms with van der Waals surface area (Å²) in [6.07, 6.45) is 6.01. The molecule has 2 N–H and O–H groups in total. The molecule has 2 aromatic rings. The molecular formula is C14H16N2O3S2. The van der Waals surface area contributed by atoms with Crippen LogP contribution in [0.3, 0.4) is 0 Å². The van der Waals surface area contributed by atoms with Crippen molar-refractivity contribution in [2.45, 2.75) is 12.5 Å². The Labute approximate surface area is 131 Å².